The molecule has 0 unspecified atom stereocenters. The Morgan fingerprint density at radius 2 is 2.05 bits per heavy atom. The molecule has 0 aromatic carbocycles. The van der Waals surface area contributed by atoms with E-state index in [2.05, 4.69) is 10.3 Å². The number of hydrogen-bond donors (Lipinski definition) is 1. The summed E-state index contributed by atoms with van der Waals surface area (Å²) in [6.07, 6.45) is 5.77. The Morgan fingerprint density at radius 3 is 2.64 bits per heavy atom. The van der Waals surface area contributed by atoms with Gasteiger partial charge in [0.05, 0.1) is 25.6 Å². The molecular weight excluding hydrogens is 306 g/mol. The molecule has 22 heavy (non-hydrogen) atoms. The van der Waals surface area contributed by atoms with Gasteiger partial charge in [0.2, 0.25) is 15.9 Å². The summed E-state index contributed by atoms with van der Waals surface area (Å²) in [5.41, 5.74) is 0.889. The number of rotatable bonds is 7. The second kappa shape index (κ2) is 7.19. The van der Waals surface area contributed by atoms with Gasteiger partial charge in [0.1, 0.15) is 5.76 Å². The van der Waals surface area contributed by atoms with Gasteiger partial charge in [-0.25, -0.2) is 8.42 Å². The maximum absolute atomic E-state index is 11.9. The normalized spacial score (nSPS) is 11.5. The van der Waals surface area contributed by atoms with E-state index in [9.17, 15) is 13.2 Å². The molecule has 1 amide bonds. The van der Waals surface area contributed by atoms with Crippen LogP contribution < -0.4 is 5.32 Å². The lowest BCUT2D eigenvalue weighted by Crippen LogP contribution is -2.39. The molecule has 0 fully saturated rings. The lowest BCUT2D eigenvalue weighted by molar-refractivity contribution is -0.121. The van der Waals surface area contributed by atoms with Crippen LogP contribution in [0.5, 0.6) is 0 Å². The van der Waals surface area contributed by atoms with Crippen LogP contribution in [0.25, 0.3) is 0 Å². The molecule has 0 saturated heterocycles. The fourth-order valence-corrected chi connectivity index (χ4v) is 2.50. The van der Waals surface area contributed by atoms with Crippen LogP contribution in [0, 0.1) is 0 Å². The molecule has 2 rings (SSSR count). The molecule has 0 bridgehead atoms. The second-order valence-corrected chi connectivity index (χ2v) is 6.73. The first-order valence-corrected chi connectivity index (χ1v) is 8.43. The quantitative estimate of drug-likeness (QED) is 0.812. The molecular formula is C14H17N3O4S. The zero-order valence-electron chi connectivity index (χ0n) is 12.1. The Bertz CT molecular complexity index is 699. The van der Waals surface area contributed by atoms with E-state index in [0.717, 1.165) is 16.1 Å². The summed E-state index contributed by atoms with van der Waals surface area (Å²) in [6, 6.07) is 6.88. The number of amides is 1. The van der Waals surface area contributed by atoms with Crippen molar-refractivity contribution in [1.29, 1.82) is 0 Å². The van der Waals surface area contributed by atoms with Gasteiger partial charge >= 0.3 is 0 Å². The molecule has 0 radical (unpaired) electrons. The molecule has 0 atom stereocenters. The number of carbonyl (C=O) groups is 1. The van der Waals surface area contributed by atoms with Gasteiger partial charge in [-0.3, -0.25) is 9.78 Å². The van der Waals surface area contributed by atoms with Crippen molar-refractivity contribution in [3.63, 3.8) is 0 Å². The fraction of sp³-hybridized carbons (Fsp3) is 0.286. The fourth-order valence-electron chi connectivity index (χ4n) is 1.78. The number of carbonyl (C=O) groups excluding carboxylic acids is 1. The van der Waals surface area contributed by atoms with E-state index in [1.54, 1.807) is 36.7 Å². The van der Waals surface area contributed by atoms with Gasteiger partial charge in [-0.15, -0.1) is 0 Å². The monoisotopic (exact) mass is 323 g/mol. The van der Waals surface area contributed by atoms with Crippen molar-refractivity contribution in [3.8, 4) is 0 Å². The summed E-state index contributed by atoms with van der Waals surface area (Å²) in [6.45, 7) is 0.0822. The third kappa shape index (κ3) is 4.97. The summed E-state index contributed by atoms with van der Waals surface area (Å²) in [5.74, 6) is 0.0983. The van der Waals surface area contributed by atoms with Crippen molar-refractivity contribution in [2.45, 2.75) is 13.1 Å². The van der Waals surface area contributed by atoms with Crippen LogP contribution in [0.15, 0.2) is 47.3 Å². The summed E-state index contributed by atoms with van der Waals surface area (Å²) in [4.78, 5) is 15.8. The van der Waals surface area contributed by atoms with Crippen molar-refractivity contribution < 1.29 is 17.6 Å². The standard InChI is InChI=1S/C14H17N3O4S/c1-22(19,20)17(10-13-3-2-8-21-13)11-14(18)16-9-12-4-6-15-7-5-12/h2-8H,9-11H2,1H3,(H,16,18). The van der Waals surface area contributed by atoms with E-state index in [1.807, 2.05) is 0 Å². The second-order valence-electron chi connectivity index (χ2n) is 4.74. The first-order valence-electron chi connectivity index (χ1n) is 6.58. The van der Waals surface area contributed by atoms with E-state index in [4.69, 9.17) is 4.42 Å². The Hall–Kier alpha value is -2.19. The Balaban J connectivity index is 1.93. The minimum Gasteiger partial charge on any atom is -0.468 e. The van der Waals surface area contributed by atoms with Gasteiger partial charge in [0, 0.05) is 18.9 Å². The number of nitrogens with zero attached hydrogens (tertiary/aromatic N) is 2. The summed E-state index contributed by atoms with van der Waals surface area (Å²) in [7, 11) is -3.52. The largest absolute Gasteiger partial charge is 0.468 e. The van der Waals surface area contributed by atoms with E-state index in [1.165, 1.54) is 6.26 Å². The predicted octanol–water partition coefficient (Wildman–Crippen LogP) is 0.753. The molecule has 2 heterocycles. The molecule has 0 aliphatic rings. The van der Waals surface area contributed by atoms with Gasteiger partial charge in [-0.05, 0) is 29.8 Å². The number of aromatic nitrogens is 1. The Morgan fingerprint density at radius 1 is 1.32 bits per heavy atom. The maximum Gasteiger partial charge on any atom is 0.235 e. The van der Waals surface area contributed by atoms with Gasteiger partial charge in [0.15, 0.2) is 0 Å². The number of nitrogens with one attached hydrogen (secondary N) is 1. The van der Waals surface area contributed by atoms with E-state index >= 15 is 0 Å². The summed E-state index contributed by atoms with van der Waals surface area (Å²) < 4.78 is 29.7. The van der Waals surface area contributed by atoms with Gasteiger partial charge in [0.25, 0.3) is 0 Å². The van der Waals surface area contributed by atoms with Crippen molar-refractivity contribution in [1.82, 2.24) is 14.6 Å². The van der Waals surface area contributed by atoms with E-state index in [-0.39, 0.29) is 19.0 Å². The molecule has 2 aromatic heterocycles. The van der Waals surface area contributed by atoms with Crippen LogP contribution in [0.4, 0.5) is 0 Å². The highest BCUT2D eigenvalue weighted by Gasteiger charge is 2.21. The van der Waals surface area contributed by atoms with Crippen molar-refractivity contribution in [2.75, 3.05) is 12.8 Å². The number of sulfonamides is 1. The minimum absolute atomic E-state index is 0.0223. The van der Waals surface area contributed by atoms with E-state index in [0.29, 0.717) is 12.3 Å². The zero-order chi connectivity index (χ0) is 16.0. The minimum atomic E-state index is -3.52. The summed E-state index contributed by atoms with van der Waals surface area (Å²) in [5, 5.41) is 2.68. The zero-order valence-corrected chi connectivity index (χ0v) is 12.9. The van der Waals surface area contributed by atoms with Crippen LogP contribution in [0.1, 0.15) is 11.3 Å². The van der Waals surface area contributed by atoms with Crippen LogP contribution in [0.3, 0.4) is 0 Å². The van der Waals surface area contributed by atoms with Gasteiger partial charge in [-0.2, -0.15) is 4.31 Å². The average molecular weight is 323 g/mol. The predicted molar refractivity (Wildman–Crippen MR) is 80.0 cm³/mol. The molecule has 0 spiro atoms. The maximum atomic E-state index is 11.9. The highest BCUT2D eigenvalue weighted by atomic mass is 32.2. The topological polar surface area (TPSA) is 92.5 Å². The molecule has 1 N–H and O–H groups in total. The van der Waals surface area contributed by atoms with Gasteiger partial charge < -0.3 is 9.73 Å². The Kier molecular flexibility index (Phi) is 5.29. The van der Waals surface area contributed by atoms with Crippen LogP contribution >= 0.6 is 0 Å². The Labute approximate surface area is 129 Å². The lowest BCUT2D eigenvalue weighted by atomic mass is 10.3. The number of furan rings is 1. The molecule has 0 saturated carbocycles. The first-order chi connectivity index (χ1) is 10.4. The average Bonchev–Trinajstić information content (AvgIpc) is 2.98. The molecule has 0 aliphatic carbocycles. The molecule has 118 valence electrons. The number of pyridine rings is 1. The SMILES string of the molecule is CS(=O)(=O)N(CC(=O)NCc1ccncc1)Cc1ccco1. The van der Waals surface area contributed by atoms with Crippen LogP contribution in [0.2, 0.25) is 0 Å². The molecule has 8 heteroatoms. The van der Waals surface area contributed by atoms with Crippen molar-refractivity contribution in [2.24, 2.45) is 0 Å². The smallest absolute Gasteiger partial charge is 0.235 e. The molecule has 7 nitrogen and oxygen atoms in total. The lowest BCUT2D eigenvalue weighted by Gasteiger charge is -2.18. The van der Waals surface area contributed by atoms with Crippen molar-refractivity contribution in [3.05, 3.63) is 54.2 Å². The third-order valence-electron chi connectivity index (χ3n) is 2.94. The number of hydrogen-bond acceptors (Lipinski definition) is 5. The highest BCUT2D eigenvalue weighted by Crippen LogP contribution is 2.08. The summed E-state index contributed by atoms with van der Waals surface area (Å²) >= 11 is 0. The highest BCUT2D eigenvalue weighted by molar-refractivity contribution is 7.88. The van der Waals surface area contributed by atoms with Crippen LogP contribution in [-0.2, 0) is 27.9 Å². The molecule has 0 aliphatic heterocycles. The van der Waals surface area contributed by atoms with Crippen molar-refractivity contribution >= 4 is 15.9 Å². The third-order valence-corrected chi connectivity index (χ3v) is 4.14. The first kappa shape index (κ1) is 16.2. The van der Waals surface area contributed by atoms with Gasteiger partial charge in [-0.1, -0.05) is 0 Å². The van der Waals surface area contributed by atoms with E-state index < -0.39 is 10.0 Å². The van der Waals surface area contributed by atoms with Crippen LogP contribution in [-0.4, -0.2) is 36.4 Å². The molecule has 2 aromatic rings.